The number of hydrogen-bond acceptors (Lipinski definition) is 3. The van der Waals surface area contributed by atoms with Crippen LogP contribution in [-0.4, -0.2) is 35.2 Å². The van der Waals surface area contributed by atoms with Crippen molar-refractivity contribution in [3.05, 3.63) is 65.5 Å². The van der Waals surface area contributed by atoms with Gasteiger partial charge in [0.05, 0.1) is 5.92 Å². The van der Waals surface area contributed by atoms with Crippen LogP contribution in [0.4, 0.5) is 10.1 Å². The number of amides is 3. The molecule has 152 valence electrons. The molecule has 29 heavy (non-hydrogen) atoms. The summed E-state index contributed by atoms with van der Waals surface area (Å²) in [5, 5.41) is 5.63. The van der Waals surface area contributed by atoms with E-state index in [9.17, 15) is 18.8 Å². The third-order valence-corrected chi connectivity index (χ3v) is 4.91. The van der Waals surface area contributed by atoms with Gasteiger partial charge >= 0.3 is 0 Å². The minimum absolute atomic E-state index is 0.00523. The van der Waals surface area contributed by atoms with E-state index in [0.717, 1.165) is 5.56 Å². The van der Waals surface area contributed by atoms with Gasteiger partial charge in [0.25, 0.3) is 5.91 Å². The highest BCUT2D eigenvalue weighted by Gasteiger charge is 2.35. The molecule has 0 radical (unpaired) electrons. The molecular formula is C22H24FN3O3. The minimum Gasteiger partial charge on any atom is -0.352 e. The zero-order valence-corrected chi connectivity index (χ0v) is 16.4. The summed E-state index contributed by atoms with van der Waals surface area (Å²) in [6.07, 6.45) is 0.234. The van der Waals surface area contributed by atoms with Crippen LogP contribution in [0.1, 0.15) is 36.2 Å². The fourth-order valence-electron chi connectivity index (χ4n) is 3.30. The molecule has 1 aliphatic rings. The molecule has 2 aromatic rings. The maximum atomic E-state index is 13.0. The Kier molecular flexibility index (Phi) is 6.26. The summed E-state index contributed by atoms with van der Waals surface area (Å²) in [5.41, 5.74) is 1.75. The van der Waals surface area contributed by atoms with Crippen molar-refractivity contribution in [3.8, 4) is 0 Å². The number of carbonyl (C=O) groups excluding carboxylic acids is 3. The van der Waals surface area contributed by atoms with Crippen LogP contribution in [0, 0.1) is 11.7 Å². The van der Waals surface area contributed by atoms with Crippen molar-refractivity contribution in [3.63, 3.8) is 0 Å². The number of nitrogens with zero attached hydrogens (tertiary/aromatic N) is 1. The predicted molar refractivity (Wildman–Crippen MR) is 108 cm³/mol. The van der Waals surface area contributed by atoms with E-state index in [1.165, 1.54) is 24.3 Å². The molecule has 6 nitrogen and oxygen atoms in total. The van der Waals surface area contributed by atoms with Gasteiger partial charge < -0.3 is 15.5 Å². The Morgan fingerprint density at radius 3 is 2.55 bits per heavy atom. The molecule has 2 N–H and O–H groups in total. The van der Waals surface area contributed by atoms with E-state index in [0.29, 0.717) is 24.3 Å². The van der Waals surface area contributed by atoms with Gasteiger partial charge in [0.2, 0.25) is 11.8 Å². The smallest absolute Gasteiger partial charge is 0.255 e. The quantitative estimate of drug-likeness (QED) is 0.787. The minimum atomic E-state index is -0.403. The fraction of sp³-hybridized carbons (Fsp3) is 0.318. The topological polar surface area (TPSA) is 78.5 Å². The molecule has 1 fully saturated rings. The molecule has 1 atom stereocenters. The third kappa shape index (κ3) is 5.19. The largest absolute Gasteiger partial charge is 0.352 e. The van der Waals surface area contributed by atoms with Gasteiger partial charge in [-0.15, -0.1) is 0 Å². The van der Waals surface area contributed by atoms with Crippen LogP contribution >= 0.6 is 0 Å². The molecule has 3 amide bonds. The molecule has 0 spiro atoms. The number of carbonyl (C=O) groups is 3. The van der Waals surface area contributed by atoms with Crippen LogP contribution < -0.4 is 10.6 Å². The Balaban J connectivity index is 1.56. The third-order valence-electron chi connectivity index (χ3n) is 4.91. The fourth-order valence-corrected chi connectivity index (χ4v) is 3.30. The molecule has 0 bridgehead atoms. The van der Waals surface area contributed by atoms with E-state index in [1.54, 1.807) is 23.1 Å². The van der Waals surface area contributed by atoms with Crippen molar-refractivity contribution >= 4 is 23.4 Å². The van der Waals surface area contributed by atoms with Crippen LogP contribution in [0.5, 0.6) is 0 Å². The van der Waals surface area contributed by atoms with E-state index in [1.807, 2.05) is 19.9 Å². The molecule has 0 aliphatic carbocycles. The molecule has 1 saturated heterocycles. The second-order valence-corrected chi connectivity index (χ2v) is 7.42. The Labute approximate surface area is 169 Å². The second kappa shape index (κ2) is 8.86. The first-order valence-electron chi connectivity index (χ1n) is 9.56. The average Bonchev–Trinajstić information content (AvgIpc) is 3.09. The van der Waals surface area contributed by atoms with Crippen LogP contribution in [0.2, 0.25) is 0 Å². The maximum absolute atomic E-state index is 13.0. The summed E-state index contributed by atoms with van der Waals surface area (Å²) in [5.74, 6) is -1.23. The zero-order chi connectivity index (χ0) is 21.0. The molecule has 0 saturated carbocycles. The lowest BCUT2D eigenvalue weighted by Crippen LogP contribution is -2.35. The van der Waals surface area contributed by atoms with Gasteiger partial charge in [0, 0.05) is 36.8 Å². The Bertz CT molecular complexity index is 912. The highest BCUT2D eigenvalue weighted by Crippen LogP contribution is 2.20. The van der Waals surface area contributed by atoms with Gasteiger partial charge in [-0.3, -0.25) is 14.4 Å². The van der Waals surface area contributed by atoms with E-state index in [4.69, 9.17) is 0 Å². The Morgan fingerprint density at radius 1 is 1.17 bits per heavy atom. The highest BCUT2D eigenvalue weighted by molar-refractivity contribution is 6.04. The Morgan fingerprint density at radius 2 is 1.90 bits per heavy atom. The van der Waals surface area contributed by atoms with E-state index in [-0.39, 0.29) is 36.1 Å². The summed E-state index contributed by atoms with van der Waals surface area (Å²) in [6.45, 7) is 4.61. The van der Waals surface area contributed by atoms with Crippen molar-refractivity contribution in [2.45, 2.75) is 32.9 Å². The van der Waals surface area contributed by atoms with Crippen LogP contribution in [0.15, 0.2) is 48.5 Å². The standard InChI is InChI=1S/C22H24FN3O3/c1-14(2)26-13-17(11-20(26)27)21(28)24-12-15-4-3-5-19(10-15)25-22(29)16-6-8-18(23)9-7-16/h3-10,14,17H,11-13H2,1-2H3,(H,24,28)(H,25,29). The van der Waals surface area contributed by atoms with Gasteiger partial charge in [0.1, 0.15) is 5.82 Å². The lowest BCUT2D eigenvalue weighted by molar-refractivity contribution is -0.130. The van der Waals surface area contributed by atoms with Crippen molar-refractivity contribution in [1.82, 2.24) is 10.2 Å². The maximum Gasteiger partial charge on any atom is 0.255 e. The molecule has 1 aliphatic heterocycles. The van der Waals surface area contributed by atoms with Crippen molar-refractivity contribution in [2.75, 3.05) is 11.9 Å². The SMILES string of the molecule is CC(C)N1CC(C(=O)NCc2cccc(NC(=O)c3ccc(F)cc3)c2)CC1=O. The van der Waals surface area contributed by atoms with Gasteiger partial charge in [-0.05, 0) is 55.8 Å². The van der Waals surface area contributed by atoms with Crippen LogP contribution in [0.25, 0.3) is 0 Å². The first-order valence-corrected chi connectivity index (χ1v) is 9.56. The second-order valence-electron chi connectivity index (χ2n) is 7.42. The van der Waals surface area contributed by atoms with Crippen molar-refractivity contribution in [1.29, 1.82) is 0 Å². The molecule has 0 aromatic heterocycles. The number of likely N-dealkylation sites (tertiary alicyclic amines) is 1. The summed E-state index contributed by atoms with van der Waals surface area (Å²) in [7, 11) is 0. The van der Waals surface area contributed by atoms with Gasteiger partial charge in [-0.2, -0.15) is 0 Å². The lowest BCUT2D eigenvalue weighted by atomic mass is 10.1. The van der Waals surface area contributed by atoms with Crippen molar-refractivity contribution < 1.29 is 18.8 Å². The highest BCUT2D eigenvalue weighted by atomic mass is 19.1. The summed E-state index contributed by atoms with van der Waals surface area (Å²) < 4.78 is 13.0. The molecule has 1 unspecified atom stereocenters. The summed E-state index contributed by atoms with van der Waals surface area (Å²) >= 11 is 0. The Hall–Kier alpha value is -3.22. The monoisotopic (exact) mass is 397 g/mol. The number of benzene rings is 2. The van der Waals surface area contributed by atoms with Gasteiger partial charge in [0.15, 0.2) is 0 Å². The van der Waals surface area contributed by atoms with Gasteiger partial charge in [-0.25, -0.2) is 4.39 Å². The van der Waals surface area contributed by atoms with Gasteiger partial charge in [-0.1, -0.05) is 12.1 Å². The number of rotatable bonds is 6. The first kappa shape index (κ1) is 20.5. The zero-order valence-electron chi connectivity index (χ0n) is 16.4. The first-order chi connectivity index (χ1) is 13.8. The molecule has 3 rings (SSSR count). The number of hydrogen-bond donors (Lipinski definition) is 2. The predicted octanol–water partition coefficient (Wildman–Crippen LogP) is 2.95. The van der Waals surface area contributed by atoms with Crippen LogP contribution in [-0.2, 0) is 16.1 Å². The number of nitrogens with one attached hydrogen (secondary N) is 2. The summed E-state index contributed by atoms with van der Waals surface area (Å²) in [6, 6.07) is 12.5. The summed E-state index contributed by atoms with van der Waals surface area (Å²) in [4.78, 5) is 38.4. The lowest BCUT2D eigenvalue weighted by Gasteiger charge is -2.20. The molecule has 7 heteroatoms. The molecule has 2 aromatic carbocycles. The normalized spacial score (nSPS) is 16.2. The van der Waals surface area contributed by atoms with Crippen LogP contribution in [0.3, 0.4) is 0 Å². The average molecular weight is 397 g/mol. The van der Waals surface area contributed by atoms with E-state index < -0.39 is 5.82 Å². The number of anilines is 1. The van der Waals surface area contributed by atoms with E-state index in [2.05, 4.69) is 10.6 Å². The molecule has 1 heterocycles. The molecular weight excluding hydrogens is 373 g/mol. The van der Waals surface area contributed by atoms with Crippen molar-refractivity contribution in [2.24, 2.45) is 5.92 Å². The number of halogens is 1. The van der Waals surface area contributed by atoms with E-state index >= 15 is 0 Å².